The van der Waals surface area contributed by atoms with Gasteiger partial charge in [0.25, 0.3) is 0 Å². The van der Waals surface area contributed by atoms with Gasteiger partial charge in [-0.3, -0.25) is 4.79 Å². The lowest BCUT2D eigenvalue weighted by molar-refractivity contribution is -0.132. The Morgan fingerprint density at radius 3 is 3.00 bits per heavy atom. The van der Waals surface area contributed by atoms with Crippen LogP contribution in [0.5, 0.6) is 0 Å². The van der Waals surface area contributed by atoms with Gasteiger partial charge in [0.1, 0.15) is 0 Å². The monoisotopic (exact) mass is 270 g/mol. The van der Waals surface area contributed by atoms with Gasteiger partial charge in [-0.1, -0.05) is 6.07 Å². The van der Waals surface area contributed by atoms with Gasteiger partial charge in [-0.05, 0) is 31.5 Å². The molecule has 1 aromatic rings. The number of carbonyl (C=O) groups is 1. The van der Waals surface area contributed by atoms with Crippen molar-refractivity contribution in [2.75, 3.05) is 33.9 Å². The first kappa shape index (κ1) is 15.1. The predicted molar refractivity (Wildman–Crippen MR) is 74.8 cm³/mol. The Labute approximate surface area is 113 Å². The molecular formula is C13H22N2O2S. The summed E-state index contributed by atoms with van der Waals surface area (Å²) in [5, 5.41) is 5.09. The molecule has 0 saturated carbocycles. The van der Waals surface area contributed by atoms with Crippen LogP contribution in [-0.2, 0) is 16.1 Å². The van der Waals surface area contributed by atoms with Gasteiger partial charge in [0.05, 0.1) is 13.2 Å². The molecule has 0 unspecified atom stereocenters. The quantitative estimate of drug-likeness (QED) is 0.695. The lowest BCUT2D eigenvalue weighted by Crippen LogP contribution is -2.33. The van der Waals surface area contributed by atoms with Gasteiger partial charge in [0, 0.05) is 25.0 Å². The summed E-state index contributed by atoms with van der Waals surface area (Å²) in [5.41, 5.74) is 0. The third-order valence-corrected chi connectivity index (χ3v) is 3.52. The summed E-state index contributed by atoms with van der Waals surface area (Å²) in [6, 6.07) is 4.07. The molecule has 18 heavy (non-hydrogen) atoms. The smallest absolute Gasteiger partial charge is 0.223 e. The minimum Gasteiger partial charge on any atom is -0.383 e. The molecule has 5 heteroatoms. The lowest BCUT2D eigenvalue weighted by atomic mass is 10.2. The summed E-state index contributed by atoms with van der Waals surface area (Å²) in [4.78, 5) is 15.2. The Kier molecular flexibility index (Phi) is 7.64. The van der Waals surface area contributed by atoms with Crippen molar-refractivity contribution in [3.8, 4) is 0 Å². The second kappa shape index (κ2) is 9.08. The van der Waals surface area contributed by atoms with Crippen LogP contribution in [0.3, 0.4) is 0 Å². The molecule has 0 atom stereocenters. The molecule has 1 N–H and O–H groups in total. The molecule has 0 fully saturated rings. The van der Waals surface area contributed by atoms with Crippen molar-refractivity contribution in [2.45, 2.75) is 19.4 Å². The van der Waals surface area contributed by atoms with Crippen LogP contribution in [-0.4, -0.2) is 44.7 Å². The van der Waals surface area contributed by atoms with E-state index in [-0.39, 0.29) is 5.91 Å². The van der Waals surface area contributed by atoms with Crippen LogP contribution < -0.4 is 5.32 Å². The van der Waals surface area contributed by atoms with Gasteiger partial charge in [-0.25, -0.2) is 0 Å². The van der Waals surface area contributed by atoms with Crippen LogP contribution in [0.2, 0.25) is 0 Å². The molecule has 0 aliphatic heterocycles. The van der Waals surface area contributed by atoms with Gasteiger partial charge < -0.3 is 15.0 Å². The number of carbonyl (C=O) groups excluding carboxylic acids is 1. The first-order valence-electron chi connectivity index (χ1n) is 6.21. The summed E-state index contributed by atoms with van der Waals surface area (Å²) in [5.74, 6) is 0.204. The third-order valence-electron chi connectivity index (χ3n) is 2.66. The van der Waals surface area contributed by atoms with E-state index < -0.39 is 0 Å². The molecule has 1 heterocycles. The fourth-order valence-electron chi connectivity index (χ4n) is 1.66. The van der Waals surface area contributed by atoms with Crippen molar-refractivity contribution >= 4 is 17.2 Å². The zero-order valence-corrected chi connectivity index (χ0v) is 12.0. The summed E-state index contributed by atoms with van der Waals surface area (Å²) in [6.45, 7) is 2.82. The van der Waals surface area contributed by atoms with Crippen molar-refractivity contribution in [3.05, 3.63) is 22.4 Å². The Balaban J connectivity index is 2.45. The minimum atomic E-state index is 0.204. The van der Waals surface area contributed by atoms with Crippen LogP contribution in [0.15, 0.2) is 17.5 Å². The number of amides is 1. The van der Waals surface area contributed by atoms with E-state index in [0.29, 0.717) is 26.1 Å². The zero-order valence-electron chi connectivity index (χ0n) is 11.1. The molecule has 1 rings (SSSR count). The molecule has 0 spiro atoms. The van der Waals surface area contributed by atoms with E-state index in [0.717, 1.165) is 13.0 Å². The van der Waals surface area contributed by atoms with Crippen LogP contribution >= 0.6 is 11.3 Å². The SMILES string of the molecule is CNCCCC(=O)N(CCOC)Cc1cccs1. The van der Waals surface area contributed by atoms with E-state index >= 15 is 0 Å². The normalized spacial score (nSPS) is 10.6. The van der Waals surface area contributed by atoms with E-state index in [1.165, 1.54) is 4.88 Å². The maximum atomic E-state index is 12.1. The van der Waals surface area contributed by atoms with E-state index in [1.807, 2.05) is 23.4 Å². The maximum absolute atomic E-state index is 12.1. The standard InChI is InChI=1S/C13H22N2O2S/c1-14-7-3-6-13(16)15(8-9-17-2)11-12-5-4-10-18-12/h4-5,10,14H,3,6-9,11H2,1-2H3. The van der Waals surface area contributed by atoms with Crippen LogP contribution in [0, 0.1) is 0 Å². The first-order valence-corrected chi connectivity index (χ1v) is 7.09. The number of methoxy groups -OCH3 is 1. The zero-order chi connectivity index (χ0) is 13.2. The molecule has 0 radical (unpaired) electrons. The van der Waals surface area contributed by atoms with Crippen molar-refractivity contribution in [1.82, 2.24) is 10.2 Å². The highest BCUT2D eigenvalue weighted by molar-refractivity contribution is 7.09. The van der Waals surface area contributed by atoms with Crippen LogP contribution in [0.4, 0.5) is 0 Å². The number of hydrogen-bond acceptors (Lipinski definition) is 4. The highest BCUT2D eigenvalue weighted by Crippen LogP contribution is 2.12. The fraction of sp³-hybridized carbons (Fsp3) is 0.615. The summed E-state index contributed by atoms with van der Waals surface area (Å²) in [7, 11) is 3.56. The molecular weight excluding hydrogens is 248 g/mol. The number of ether oxygens (including phenoxy) is 1. The molecule has 1 amide bonds. The number of hydrogen-bond donors (Lipinski definition) is 1. The van der Waals surface area contributed by atoms with Gasteiger partial charge in [0.15, 0.2) is 0 Å². The second-order valence-corrected chi connectivity index (χ2v) is 5.13. The van der Waals surface area contributed by atoms with Gasteiger partial charge in [-0.15, -0.1) is 11.3 Å². The Morgan fingerprint density at radius 2 is 2.39 bits per heavy atom. The Hall–Kier alpha value is -0.910. The molecule has 0 bridgehead atoms. The van der Waals surface area contributed by atoms with E-state index in [4.69, 9.17) is 4.74 Å². The molecule has 1 aromatic heterocycles. The van der Waals surface area contributed by atoms with Gasteiger partial charge in [-0.2, -0.15) is 0 Å². The number of rotatable bonds is 9. The minimum absolute atomic E-state index is 0.204. The molecule has 0 aliphatic rings. The van der Waals surface area contributed by atoms with E-state index in [2.05, 4.69) is 11.4 Å². The molecule has 4 nitrogen and oxygen atoms in total. The number of nitrogens with one attached hydrogen (secondary N) is 1. The molecule has 0 aromatic carbocycles. The van der Waals surface area contributed by atoms with E-state index in [1.54, 1.807) is 18.4 Å². The average Bonchev–Trinajstić information content (AvgIpc) is 2.87. The largest absolute Gasteiger partial charge is 0.383 e. The van der Waals surface area contributed by atoms with Crippen molar-refractivity contribution in [1.29, 1.82) is 0 Å². The maximum Gasteiger partial charge on any atom is 0.223 e. The third kappa shape index (κ3) is 5.62. The fourth-order valence-corrected chi connectivity index (χ4v) is 2.38. The number of nitrogens with zero attached hydrogens (tertiary/aromatic N) is 1. The Morgan fingerprint density at radius 1 is 1.56 bits per heavy atom. The highest BCUT2D eigenvalue weighted by Gasteiger charge is 2.13. The molecule has 0 aliphatic carbocycles. The topological polar surface area (TPSA) is 41.6 Å². The van der Waals surface area contributed by atoms with Crippen molar-refractivity contribution in [2.24, 2.45) is 0 Å². The second-order valence-electron chi connectivity index (χ2n) is 4.09. The van der Waals surface area contributed by atoms with Crippen molar-refractivity contribution < 1.29 is 9.53 Å². The van der Waals surface area contributed by atoms with E-state index in [9.17, 15) is 4.79 Å². The van der Waals surface area contributed by atoms with Crippen LogP contribution in [0.25, 0.3) is 0 Å². The van der Waals surface area contributed by atoms with Gasteiger partial charge in [0.2, 0.25) is 5.91 Å². The predicted octanol–water partition coefficient (Wildman–Crippen LogP) is 1.72. The van der Waals surface area contributed by atoms with Crippen molar-refractivity contribution in [3.63, 3.8) is 0 Å². The molecule has 102 valence electrons. The van der Waals surface area contributed by atoms with Crippen LogP contribution in [0.1, 0.15) is 17.7 Å². The molecule has 0 saturated heterocycles. The van der Waals surface area contributed by atoms with Gasteiger partial charge >= 0.3 is 0 Å². The number of thiophene rings is 1. The summed E-state index contributed by atoms with van der Waals surface area (Å²) < 4.78 is 5.06. The lowest BCUT2D eigenvalue weighted by Gasteiger charge is -2.21. The summed E-state index contributed by atoms with van der Waals surface area (Å²) in [6.07, 6.45) is 1.47. The highest BCUT2D eigenvalue weighted by atomic mass is 32.1. The Bertz CT molecular complexity index is 328. The average molecular weight is 270 g/mol. The first-order chi connectivity index (χ1) is 8.77. The summed E-state index contributed by atoms with van der Waals surface area (Å²) >= 11 is 1.68.